The Morgan fingerprint density at radius 2 is 1.84 bits per heavy atom. The number of hydrogen-bond acceptors (Lipinski definition) is 5. The molecule has 2 N–H and O–H groups in total. The first kappa shape index (κ1) is 13.3. The molecule has 0 aliphatic rings. The van der Waals surface area contributed by atoms with Crippen molar-refractivity contribution in [2.45, 2.75) is 20.4 Å². The number of pyridine rings is 1. The van der Waals surface area contributed by atoms with Crippen LogP contribution in [0, 0.1) is 18.6 Å². The van der Waals surface area contributed by atoms with E-state index >= 15 is 0 Å². The van der Waals surface area contributed by atoms with Gasteiger partial charge in [0, 0.05) is 18.7 Å². The van der Waals surface area contributed by atoms with Crippen molar-refractivity contribution in [3.63, 3.8) is 0 Å². The quantitative estimate of drug-likeness (QED) is 0.873. The van der Waals surface area contributed by atoms with E-state index in [1.165, 1.54) is 0 Å². The summed E-state index contributed by atoms with van der Waals surface area (Å²) in [6.07, 6.45) is 0. The minimum Gasteiger partial charge on any atom is -0.368 e. The minimum absolute atomic E-state index is 0.0140. The Balaban J connectivity index is 2.13. The van der Waals surface area contributed by atoms with Gasteiger partial charge in [-0.05, 0) is 13.8 Å². The number of aryl methyl sites for hydroxylation is 1. The van der Waals surface area contributed by atoms with E-state index in [2.05, 4.69) is 20.8 Å². The van der Waals surface area contributed by atoms with Crippen molar-refractivity contribution in [1.29, 1.82) is 0 Å². The van der Waals surface area contributed by atoms with Crippen LogP contribution in [0.4, 0.5) is 20.4 Å². The van der Waals surface area contributed by atoms with E-state index in [0.29, 0.717) is 12.3 Å². The molecule has 0 fully saturated rings. The number of rotatable bonds is 5. The van der Waals surface area contributed by atoms with Crippen LogP contribution >= 0.6 is 0 Å². The molecule has 0 atom stereocenters. The summed E-state index contributed by atoms with van der Waals surface area (Å²) >= 11 is 0. The predicted molar refractivity (Wildman–Crippen MR) is 66.9 cm³/mol. The highest BCUT2D eigenvalue weighted by Crippen LogP contribution is 2.19. The second kappa shape index (κ2) is 5.64. The molecule has 2 aromatic heterocycles. The monoisotopic (exact) mass is 268 g/mol. The molecule has 0 aliphatic heterocycles. The topological polar surface area (TPSA) is 63.0 Å². The highest BCUT2D eigenvalue weighted by Gasteiger charge is 2.11. The first-order chi connectivity index (χ1) is 9.10. The summed E-state index contributed by atoms with van der Waals surface area (Å²) in [4.78, 5) is 3.85. The summed E-state index contributed by atoms with van der Waals surface area (Å²) in [5.41, 5.74) is 0.734. The van der Waals surface area contributed by atoms with E-state index in [1.807, 2.05) is 0 Å². The molecule has 0 aliphatic carbocycles. The zero-order valence-corrected chi connectivity index (χ0v) is 10.6. The Morgan fingerprint density at radius 3 is 2.42 bits per heavy atom. The Hall–Kier alpha value is -2.18. The van der Waals surface area contributed by atoms with Crippen LogP contribution in [0.15, 0.2) is 16.7 Å². The molecule has 102 valence electrons. The number of nitrogens with zero attached hydrogens (tertiary/aromatic N) is 2. The van der Waals surface area contributed by atoms with E-state index < -0.39 is 11.6 Å². The fourth-order valence-corrected chi connectivity index (χ4v) is 1.55. The van der Waals surface area contributed by atoms with Crippen LogP contribution in [0.2, 0.25) is 0 Å². The van der Waals surface area contributed by atoms with Crippen molar-refractivity contribution < 1.29 is 13.3 Å². The molecule has 0 saturated heterocycles. The molecular formula is C12H14F2N4O. The largest absolute Gasteiger partial charge is 0.368 e. The molecule has 19 heavy (non-hydrogen) atoms. The third-order valence-corrected chi connectivity index (χ3v) is 2.38. The first-order valence-corrected chi connectivity index (χ1v) is 5.86. The van der Waals surface area contributed by atoms with E-state index in [0.717, 1.165) is 11.8 Å². The summed E-state index contributed by atoms with van der Waals surface area (Å²) in [6, 6.07) is 2.51. The predicted octanol–water partition coefficient (Wildman–Crippen LogP) is 2.70. The zero-order chi connectivity index (χ0) is 13.8. The van der Waals surface area contributed by atoms with Crippen LogP contribution in [0.1, 0.15) is 18.4 Å². The van der Waals surface area contributed by atoms with Crippen molar-refractivity contribution in [1.82, 2.24) is 10.1 Å². The fourth-order valence-electron chi connectivity index (χ4n) is 1.55. The van der Waals surface area contributed by atoms with Crippen LogP contribution in [0.3, 0.4) is 0 Å². The average molecular weight is 268 g/mol. The lowest BCUT2D eigenvalue weighted by Gasteiger charge is -2.09. The highest BCUT2D eigenvalue weighted by molar-refractivity contribution is 5.47. The van der Waals surface area contributed by atoms with E-state index in [9.17, 15) is 8.78 Å². The second-order valence-corrected chi connectivity index (χ2v) is 3.97. The van der Waals surface area contributed by atoms with Gasteiger partial charge in [0.15, 0.2) is 29.0 Å². The molecule has 5 nitrogen and oxygen atoms in total. The Labute approximate surface area is 109 Å². The van der Waals surface area contributed by atoms with Crippen molar-refractivity contribution in [2.24, 2.45) is 0 Å². The van der Waals surface area contributed by atoms with Crippen molar-refractivity contribution in [3.8, 4) is 0 Å². The molecule has 0 bridgehead atoms. The maximum absolute atomic E-state index is 13.5. The second-order valence-electron chi connectivity index (χ2n) is 3.97. The molecule has 0 aromatic carbocycles. The Kier molecular flexibility index (Phi) is 3.94. The minimum atomic E-state index is -0.754. The van der Waals surface area contributed by atoms with Gasteiger partial charge < -0.3 is 15.2 Å². The van der Waals surface area contributed by atoms with Crippen molar-refractivity contribution >= 4 is 11.6 Å². The van der Waals surface area contributed by atoms with E-state index in [1.54, 1.807) is 19.9 Å². The van der Waals surface area contributed by atoms with Gasteiger partial charge in [0.1, 0.15) is 0 Å². The van der Waals surface area contributed by atoms with Gasteiger partial charge in [0.2, 0.25) is 0 Å². The fraction of sp³-hybridized carbons (Fsp3) is 0.333. The third-order valence-electron chi connectivity index (χ3n) is 2.38. The maximum atomic E-state index is 13.5. The Morgan fingerprint density at radius 1 is 1.16 bits per heavy atom. The van der Waals surface area contributed by atoms with Gasteiger partial charge >= 0.3 is 0 Å². The molecule has 2 rings (SSSR count). The molecule has 0 saturated carbocycles. The van der Waals surface area contributed by atoms with Crippen LogP contribution in [-0.2, 0) is 6.54 Å². The highest BCUT2D eigenvalue weighted by atomic mass is 19.1. The average Bonchev–Trinajstić information content (AvgIpc) is 2.77. The molecule has 0 radical (unpaired) electrons. The zero-order valence-electron chi connectivity index (χ0n) is 10.6. The van der Waals surface area contributed by atoms with Gasteiger partial charge in [-0.15, -0.1) is 0 Å². The van der Waals surface area contributed by atoms with Crippen molar-refractivity contribution in [2.75, 3.05) is 17.2 Å². The maximum Gasteiger partial charge on any atom is 0.168 e. The summed E-state index contributed by atoms with van der Waals surface area (Å²) in [5.74, 6) is -0.949. The lowest BCUT2D eigenvalue weighted by atomic mass is 10.3. The normalized spacial score (nSPS) is 10.5. The van der Waals surface area contributed by atoms with Crippen LogP contribution in [-0.4, -0.2) is 16.7 Å². The van der Waals surface area contributed by atoms with Crippen LogP contribution < -0.4 is 10.6 Å². The number of aromatic nitrogens is 2. The lowest BCUT2D eigenvalue weighted by Crippen LogP contribution is -2.08. The van der Waals surface area contributed by atoms with Crippen molar-refractivity contribution in [3.05, 3.63) is 35.2 Å². The Bertz CT molecular complexity index is 571. The smallest absolute Gasteiger partial charge is 0.168 e. The number of nitrogens with one attached hydrogen (secondary N) is 2. The lowest BCUT2D eigenvalue weighted by molar-refractivity contribution is 0.384. The molecule has 2 aromatic rings. The molecule has 7 heteroatoms. The molecule has 0 unspecified atom stereocenters. The van der Waals surface area contributed by atoms with Gasteiger partial charge in [-0.2, -0.15) is 0 Å². The molecule has 2 heterocycles. The summed E-state index contributed by atoms with van der Waals surface area (Å²) in [5, 5.41) is 9.17. The van der Waals surface area contributed by atoms with E-state index in [4.69, 9.17) is 4.52 Å². The summed E-state index contributed by atoms with van der Waals surface area (Å²) in [6.45, 7) is 4.31. The van der Waals surface area contributed by atoms with Gasteiger partial charge in [-0.1, -0.05) is 5.16 Å². The van der Waals surface area contributed by atoms with Crippen LogP contribution in [0.5, 0.6) is 0 Å². The summed E-state index contributed by atoms with van der Waals surface area (Å²) in [7, 11) is 0. The summed E-state index contributed by atoms with van der Waals surface area (Å²) < 4.78 is 31.9. The molecule has 0 spiro atoms. The molecule has 0 amide bonds. The SMILES string of the molecule is CCNc1nc(NCc2cc(C)no2)c(F)cc1F. The van der Waals surface area contributed by atoms with E-state index in [-0.39, 0.29) is 18.2 Å². The van der Waals surface area contributed by atoms with Crippen LogP contribution in [0.25, 0.3) is 0 Å². The van der Waals surface area contributed by atoms with Gasteiger partial charge in [-0.3, -0.25) is 0 Å². The molecular weight excluding hydrogens is 254 g/mol. The van der Waals surface area contributed by atoms with Gasteiger partial charge in [0.05, 0.1) is 12.2 Å². The standard InChI is InChI=1S/C12H14F2N4O/c1-3-15-11-9(13)5-10(14)12(17-11)16-6-8-4-7(2)18-19-8/h4-5H,3,6H2,1-2H3,(H2,15,16,17). The first-order valence-electron chi connectivity index (χ1n) is 5.86. The van der Waals surface area contributed by atoms with Gasteiger partial charge in [0.25, 0.3) is 0 Å². The number of hydrogen-bond donors (Lipinski definition) is 2. The third kappa shape index (κ3) is 3.18. The number of halogens is 2. The number of anilines is 2. The van der Waals surface area contributed by atoms with Gasteiger partial charge in [-0.25, -0.2) is 13.8 Å².